The Morgan fingerprint density at radius 2 is 2.07 bits per heavy atom. The van der Waals surface area contributed by atoms with Crippen molar-refractivity contribution in [3.05, 3.63) is 35.4 Å². The van der Waals surface area contributed by atoms with Gasteiger partial charge in [0.2, 0.25) is 0 Å². The Hall–Kier alpha value is -0.870. The molecule has 1 aromatic carbocycles. The van der Waals surface area contributed by atoms with Gasteiger partial charge in [0.25, 0.3) is 0 Å². The highest BCUT2D eigenvalue weighted by Crippen LogP contribution is 2.22. The molecule has 0 spiro atoms. The van der Waals surface area contributed by atoms with Gasteiger partial charge in [0, 0.05) is 18.1 Å². The third kappa shape index (κ3) is 3.32. The zero-order valence-corrected chi connectivity index (χ0v) is 10.3. The molecule has 0 fully saturated rings. The molecule has 1 rings (SSSR count). The second-order valence-corrected chi connectivity index (χ2v) is 4.30. The summed E-state index contributed by atoms with van der Waals surface area (Å²) in [6.07, 6.45) is -0.302. The molecule has 0 saturated carbocycles. The summed E-state index contributed by atoms with van der Waals surface area (Å²) in [6.45, 7) is 3.20. The van der Waals surface area contributed by atoms with Gasteiger partial charge in [-0.05, 0) is 6.92 Å². The summed E-state index contributed by atoms with van der Waals surface area (Å²) in [5, 5.41) is 0. The number of ether oxygens (including phenoxy) is 1. The molecule has 0 saturated heterocycles. The van der Waals surface area contributed by atoms with Crippen molar-refractivity contribution in [3.8, 4) is 0 Å². The van der Waals surface area contributed by atoms with E-state index in [-0.39, 0.29) is 12.1 Å². The van der Waals surface area contributed by atoms with E-state index in [0.29, 0.717) is 4.20 Å². The lowest BCUT2D eigenvalue weighted by atomic mass is 10.0. The number of thiocarbonyl (C=S) groups is 1. The SMILES string of the molecule is CC(=O)OC(C)c1ccccc1C(=S)S. The standard InChI is InChI=1S/C11H12O2S2/c1-7(13-8(2)12)9-5-3-4-6-10(9)11(14)15/h3-7H,1-2H3,(H,14,15). The zero-order chi connectivity index (χ0) is 11.4. The zero-order valence-electron chi connectivity index (χ0n) is 8.56. The predicted octanol–water partition coefficient (Wildman–Crippen LogP) is 2.92. The van der Waals surface area contributed by atoms with Gasteiger partial charge >= 0.3 is 5.97 Å². The van der Waals surface area contributed by atoms with Gasteiger partial charge in [-0.1, -0.05) is 36.5 Å². The van der Waals surface area contributed by atoms with E-state index in [4.69, 9.17) is 17.0 Å². The van der Waals surface area contributed by atoms with E-state index < -0.39 is 0 Å². The molecule has 0 bridgehead atoms. The minimum absolute atomic E-state index is 0.302. The summed E-state index contributed by atoms with van der Waals surface area (Å²) in [6, 6.07) is 7.50. The van der Waals surface area contributed by atoms with Crippen LogP contribution < -0.4 is 0 Å². The Kier molecular flexibility index (Phi) is 4.29. The molecule has 0 aromatic heterocycles. The maximum absolute atomic E-state index is 10.8. The van der Waals surface area contributed by atoms with Crippen LogP contribution in [0.4, 0.5) is 0 Å². The average Bonchev–Trinajstić information content (AvgIpc) is 2.16. The molecule has 0 aliphatic carbocycles. The van der Waals surface area contributed by atoms with Gasteiger partial charge in [-0.3, -0.25) is 4.79 Å². The number of hydrogen-bond donors (Lipinski definition) is 1. The molecule has 0 N–H and O–H groups in total. The van der Waals surface area contributed by atoms with Crippen LogP contribution in [-0.2, 0) is 9.53 Å². The molecular weight excluding hydrogens is 228 g/mol. The van der Waals surface area contributed by atoms with Crippen LogP contribution in [0.5, 0.6) is 0 Å². The topological polar surface area (TPSA) is 26.3 Å². The first-order chi connectivity index (χ1) is 7.02. The number of carbonyl (C=O) groups is 1. The lowest BCUT2D eigenvalue weighted by Crippen LogP contribution is -2.08. The predicted molar refractivity (Wildman–Crippen MR) is 67.3 cm³/mol. The lowest BCUT2D eigenvalue weighted by molar-refractivity contribution is -0.145. The van der Waals surface area contributed by atoms with Crippen LogP contribution in [0.2, 0.25) is 0 Å². The largest absolute Gasteiger partial charge is 0.458 e. The van der Waals surface area contributed by atoms with E-state index in [1.807, 2.05) is 31.2 Å². The first kappa shape index (κ1) is 12.2. The molecule has 0 radical (unpaired) electrons. The third-order valence-corrected chi connectivity index (χ3v) is 2.43. The van der Waals surface area contributed by atoms with Crippen molar-refractivity contribution >= 4 is 35.0 Å². The van der Waals surface area contributed by atoms with E-state index in [2.05, 4.69) is 12.6 Å². The van der Waals surface area contributed by atoms with Gasteiger partial charge in [0.1, 0.15) is 6.10 Å². The first-order valence-electron chi connectivity index (χ1n) is 4.52. The second-order valence-electron chi connectivity index (χ2n) is 3.14. The number of esters is 1. The lowest BCUT2D eigenvalue weighted by Gasteiger charge is -2.15. The number of hydrogen-bond acceptors (Lipinski definition) is 3. The number of benzene rings is 1. The van der Waals surface area contributed by atoms with E-state index in [9.17, 15) is 4.79 Å². The monoisotopic (exact) mass is 240 g/mol. The van der Waals surface area contributed by atoms with Crippen molar-refractivity contribution < 1.29 is 9.53 Å². The molecule has 0 aliphatic heterocycles. The van der Waals surface area contributed by atoms with Crippen LogP contribution in [0.1, 0.15) is 31.1 Å². The summed E-state index contributed by atoms with van der Waals surface area (Å²) < 4.78 is 5.60. The Morgan fingerprint density at radius 3 is 2.60 bits per heavy atom. The molecule has 2 nitrogen and oxygen atoms in total. The van der Waals surface area contributed by atoms with Gasteiger partial charge in [0.05, 0.1) is 4.20 Å². The van der Waals surface area contributed by atoms with E-state index in [1.165, 1.54) is 6.92 Å². The van der Waals surface area contributed by atoms with Gasteiger partial charge in [-0.25, -0.2) is 0 Å². The van der Waals surface area contributed by atoms with Crippen molar-refractivity contribution in [3.63, 3.8) is 0 Å². The smallest absolute Gasteiger partial charge is 0.303 e. The highest BCUT2D eigenvalue weighted by atomic mass is 32.1. The molecule has 0 amide bonds. The fourth-order valence-electron chi connectivity index (χ4n) is 1.36. The average molecular weight is 240 g/mol. The van der Waals surface area contributed by atoms with Crippen molar-refractivity contribution in [1.82, 2.24) is 0 Å². The van der Waals surface area contributed by atoms with Crippen molar-refractivity contribution in [2.45, 2.75) is 20.0 Å². The van der Waals surface area contributed by atoms with E-state index in [1.54, 1.807) is 0 Å². The van der Waals surface area contributed by atoms with Crippen molar-refractivity contribution in [1.29, 1.82) is 0 Å². The van der Waals surface area contributed by atoms with Crippen LogP contribution >= 0.6 is 24.8 Å². The molecule has 4 heteroatoms. The fraction of sp³-hybridized carbons (Fsp3) is 0.273. The van der Waals surface area contributed by atoms with Gasteiger partial charge < -0.3 is 4.74 Å². The fourth-order valence-corrected chi connectivity index (χ4v) is 1.75. The molecular formula is C11H12O2S2. The number of rotatable bonds is 3. The van der Waals surface area contributed by atoms with Crippen molar-refractivity contribution in [2.75, 3.05) is 0 Å². The first-order valence-corrected chi connectivity index (χ1v) is 5.37. The summed E-state index contributed by atoms with van der Waals surface area (Å²) >= 11 is 9.14. The van der Waals surface area contributed by atoms with Crippen LogP contribution in [0, 0.1) is 0 Å². The maximum atomic E-state index is 10.8. The van der Waals surface area contributed by atoms with Gasteiger partial charge in [-0.2, -0.15) is 0 Å². The Labute approximate surface area is 100 Å². The molecule has 1 unspecified atom stereocenters. The number of carbonyl (C=O) groups excluding carboxylic acids is 1. The minimum Gasteiger partial charge on any atom is -0.458 e. The summed E-state index contributed by atoms with van der Waals surface area (Å²) in [5.41, 5.74) is 1.72. The van der Waals surface area contributed by atoms with E-state index in [0.717, 1.165) is 11.1 Å². The maximum Gasteiger partial charge on any atom is 0.303 e. The molecule has 15 heavy (non-hydrogen) atoms. The molecule has 80 valence electrons. The van der Waals surface area contributed by atoms with Gasteiger partial charge in [-0.15, -0.1) is 12.6 Å². The summed E-state index contributed by atoms with van der Waals surface area (Å²) in [5.74, 6) is -0.303. The molecule has 0 aliphatic rings. The van der Waals surface area contributed by atoms with Crippen LogP contribution in [0.25, 0.3) is 0 Å². The summed E-state index contributed by atoms with van der Waals surface area (Å²) in [4.78, 5) is 10.8. The highest BCUT2D eigenvalue weighted by Gasteiger charge is 2.13. The van der Waals surface area contributed by atoms with Crippen LogP contribution in [0.3, 0.4) is 0 Å². The minimum atomic E-state index is -0.303. The van der Waals surface area contributed by atoms with E-state index >= 15 is 0 Å². The highest BCUT2D eigenvalue weighted by molar-refractivity contribution is 8.11. The Balaban J connectivity index is 3.02. The number of thiol groups is 1. The summed E-state index contributed by atoms with van der Waals surface area (Å²) in [7, 11) is 0. The van der Waals surface area contributed by atoms with Crippen LogP contribution in [-0.4, -0.2) is 10.2 Å². The Bertz CT molecular complexity index is 388. The molecule has 0 heterocycles. The second kappa shape index (κ2) is 5.28. The van der Waals surface area contributed by atoms with Crippen molar-refractivity contribution in [2.24, 2.45) is 0 Å². The quantitative estimate of drug-likeness (QED) is 0.500. The van der Waals surface area contributed by atoms with Crippen LogP contribution in [0.15, 0.2) is 24.3 Å². The third-order valence-electron chi connectivity index (χ3n) is 1.97. The van der Waals surface area contributed by atoms with Gasteiger partial charge in [0.15, 0.2) is 0 Å². The Morgan fingerprint density at radius 1 is 1.47 bits per heavy atom. The molecule has 1 atom stereocenters. The molecule has 1 aromatic rings. The normalized spacial score (nSPS) is 11.9.